The van der Waals surface area contributed by atoms with E-state index >= 15 is 0 Å². The van der Waals surface area contributed by atoms with E-state index < -0.39 is 0 Å². The lowest BCUT2D eigenvalue weighted by atomic mass is 10.2. The van der Waals surface area contributed by atoms with Crippen LogP contribution in [0.1, 0.15) is 32.3 Å². The van der Waals surface area contributed by atoms with E-state index in [0.29, 0.717) is 12.5 Å². The maximum atomic E-state index is 12.2. The van der Waals surface area contributed by atoms with Crippen molar-refractivity contribution in [2.24, 2.45) is 0 Å². The fourth-order valence-electron chi connectivity index (χ4n) is 2.36. The maximum Gasteiger partial charge on any atom is 0.227 e. The van der Waals surface area contributed by atoms with Gasteiger partial charge < -0.3 is 10.2 Å². The van der Waals surface area contributed by atoms with Crippen LogP contribution in [0.5, 0.6) is 0 Å². The van der Waals surface area contributed by atoms with Crippen LogP contribution < -0.4 is 10.2 Å². The molecule has 0 unspecified atom stereocenters. The molecule has 3 nitrogen and oxygen atoms in total. The highest BCUT2D eigenvalue weighted by atomic mass is 16.2. The molecule has 1 heterocycles. The second kappa shape index (κ2) is 6.01. The molecular weight excluding hydrogens is 224 g/mol. The molecule has 0 saturated carbocycles. The molecule has 0 bridgehead atoms. The number of carbonyl (C=O) groups is 1. The van der Waals surface area contributed by atoms with Gasteiger partial charge in [-0.15, -0.1) is 0 Å². The first-order valence-electron chi connectivity index (χ1n) is 6.80. The third-order valence-corrected chi connectivity index (χ3v) is 3.31. The van der Waals surface area contributed by atoms with Crippen molar-refractivity contribution in [3.8, 4) is 0 Å². The molecule has 1 amide bonds. The van der Waals surface area contributed by atoms with Crippen molar-refractivity contribution in [1.29, 1.82) is 0 Å². The average Bonchev–Trinajstić information content (AvgIpc) is 2.78. The summed E-state index contributed by atoms with van der Waals surface area (Å²) in [7, 11) is 0. The van der Waals surface area contributed by atoms with Crippen molar-refractivity contribution >= 4 is 11.6 Å². The van der Waals surface area contributed by atoms with Crippen LogP contribution in [0.4, 0.5) is 5.69 Å². The number of nitrogens with one attached hydrogen (secondary N) is 1. The smallest absolute Gasteiger partial charge is 0.227 e. The molecule has 3 heteroatoms. The van der Waals surface area contributed by atoms with Gasteiger partial charge in [0, 0.05) is 24.7 Å². The Morgan fingerprint density at radius 1 is 1.39 bits per heavy atom. The highest BCUT2D eigenvalue weighted by Crippen LogP contribution is 2.27. The van der Waals surface area contributed by atoms with Crippen LogP contribution >= 0.6 is 0 Å². The van der Waals surface area contributed by atoms with E-state index in [-0.39, 0.29) is 5.91 Å². The highest BCUT2D eigenvalue weighted by Gasteiger charge is 2.23. The number of hydrogen-bond donors (Lipinski definition) is 1. The Morgan fingerprint density at radius 2 is 2.17 bits per heavy atom. The molecule has 1 aromatic rings. The summed E-state index contributed by atoms with van der Waals surface area (Å²) in [5, 5.41) is 3.34. The summed E-state index contributed by atoms with van der Waals surface area (Å²) < 4.78 is 0. The molecule has 1 aromatic carbocycles. The summed E-state index contributed by atoms with van der Waals surface area (Å²) in [6.45, 7) is 6.01. The van der Waals surface area contributed by atoms with E-state index in [2.05, 4.69) is 25.2 Å². The van der Waals surface area contributed by atoms with Crippen LogP contribution in [0.2, 0.25) is 0 Å². The summed E-state index contributed by atoms with van der Waals surface area (Å²) in [6.07, 6.45) is 2.54. The fourth-order valence-corrected chi connectivity index (χ4v) is 2.36. The van der Waals surface area contributed by atoms with Gasteiger partial charge in [0.25, 0.3) is 0 Å². The van der Waals surface area contributed by atoms with Crippen LogP contribution in [-0.2, 0) is 11.2 Å². The van der Waals surface area contributed by atoms with Gasteiger partial charge >= 0.3 is 0 Å². The number of para-hydroxylation sites is 1. The lowest BCUT2D eigenvalue weighted by Gasteiger charge is -2.17. The zero-order chi connectivity index (χ0) is 13.0. The largest absolute Gasteiger partial charge is 0.315 e. The number of carbonyl (C=O) groups excluding carboxylic acids is 1. The summed E-state index contributed by atoms with van der Waals surface area (Å²) in [4.78, 5) is 14.1. The Labute approximate surface area is 109 Å². The zero-order valence-corrected chi connectivity index (χ0v) is 11.3. The number of benzene rings is 1. The highest BCUT2D eigenvalue weighted by molar-refractivity contribution is 5.95. The number of fused-ring (bicyclic) bond motifs is 1. The third kappa shape index (κ3) is 3.10. The van der Waals surface area contributed by atoms with Gasteiger partial charge in [-0.1, -0.05) is 32.0 Å². The van der Waals surface area contributed by atoms with Gasteiger partial charge in [-0.05, 0) is 31.0 Å². The van der Waals surface area contributed by atoms with E-state index in [1.54, 1.807) is 0 Å². The maximum absolute atomic E-state index is 12.2. The standard InChI is InChI=1S/C15H22N2O/c1-12(2)16-10-5-8-15(18)17-11-9-13-6-3-4-7-14(13)17/h3-4,6-7,12,16H,5,8-11H2,1-2H3. The van der Waals surface area contributed by atoms with Crippen molar-refractivity contribution in [2.75, 3.05) is 18.0 Å². The molecule has 0 spiro atoms. The quantitative estimate of drug-likeness (QED) is 0.809. The molecular formula is C15H22N2O. The average molecular weight is 246 g/mol. The van der Waals surface area contributed by atoms with Crippen molar-refractivity contribution in [2.45, 2.75) is 39.2 Å². The van der Waals surface area contributed by atoms with Crippen molar-refractivity contribution in [1.82, 2.24) is 5.32 Å². The molecule has 0 radical (unpaired) electrons. The first kappa shape index (κ1) is 13.1. The van der Waals surface area contributed by atoms with Gasteiger partial charge in [0.05, 0.1) is 0 Å². The van der Waals surface area contributed by atoms with Crippen LogP contribution in [-0.4, -0.2) is 25.0 Å². The Hall–Kier alpha value is -1.35. The molecule has 0 fully saturated rings. The summed E-state index contributed by atoms with van der Waals surface area (Å²) >= 11 is 0. The minimum Gasteiger partial charge on any atom is -0.315 e. The van der Waals surface area contributed by atoms with Crippen LogP contribution in [0.25, 0.3) is 0 Å². The Morgan fingerprint density at radius 3 is 2.94 bits per heavy atom. The second-order valence-electron chi connectivity index (χ2n) is 5.14. The molecule has 0 aromatic heterocycles. The summed E-state index contributed by atoms with van der Waals surface area (Å²) in [5.41, 5.74) is 2.41. The van der Waals surface area contributed by atoms with Gasteiger partial charge in [0.1, 0.15) is 0 Å². The summed E-state index contributed by atoms with van der Waals surface area (Å²) in [6, 6.07) is 8.70. The first-order valence-corrected chi connectivity index (χ1v) is 6.80. The van der Waals surface area contributed by atoms with E-state index in [0.717, 1.165) is 31.6 Å². The minimum absolute atomic E-state index is 0.255. The summed E-state index contributed by atoms with van der Waals surface area (Å²) in [5.74, 6) is 0.255. The van der Waals surface area contributed by atoms with E-state index in [9.17, 15) is 4.79 Å². The topological polar surface area (TPSA) is 32.3 Å². The zero-order valence-electron chi connectivity index (χ0n) is 11.3. The number of anilines is 1. The monoisotopic (exact) mass is 246 g/mol. The first-order chi connectivity index (χ1) is 8.68. The predicted molar refractivity (Wildman–Crippen MR) is 74.9 cm³/mol. The Balaban J connectivity index is 1.84. The van der Waals surface area contributed by atoms with Crippen molar-refractivity contribution in [3.05, 3.63) is 29.8 Å². The Bertz CT molecular complexity index is 415. The minimum atomic E-state index is 0.255. The number of rotatable bonds is 5. The van der Waals surface area contributed by atoms with Gasteiger partial charge in [0.15, 0.2) is 0 Å². The normalized spacial score (nSPS) is 14.1. The van der Waals surface area contributed by atoms with E-state index in [1.807, 2.05) is 23.1 Å². The van der Waals surface area contributed by atoms with Gasteiger partial charge in [-0.2, -0.15) is 0 Å². The Kier molecular flexibility index (Phi) is 4.37. The van der Waals surface area contributed by atoms with Crippen LogP contribution in [0, 0.1) is 0 Å². The second-order valence-corrected chi connectivity index (χ2v) is 5.14. The molecule has 0 saturated heterocycles. The molecule has 98 valence electrons. The fraction of sp³-hybridized carbons (Fsp3) is 0.533. The number of hydrogen-bond acceptors (Lipinski definition) is 2. The third-order valence-electron chi connectivity index (χ3n) is 3.31. The lowest BCUT2D eigenvalue weighted by Crippen LogP contribution is -2.30. The van der Waals surface area contributed by atoms with Crippen LogP contribution in [0.15, 0.2) is 24.3 Å². The van der Waals surface area contributed by atoms with Crippen molar-refractivity contribution in [3.63, 3.8) is 0 Å². The van der Waals surface area contributed by atoms with Crippen LogP contribution in [0.3, 0.4) is 0 Å². The van der Waals surface area contributed by atoms with Gasteiger partial charge in [-0.3, -0.25) is 4.79 Å². The molecule has 0 atom stereocenters. The van der Waals surface area contributed by atoms with E-state index in [1.165, 1.54) is 5.56 Å². The van der Waals surface area contributed by atoms with E-state index in [4.69, 9.17) is 0 Å². The number of nitrogens with zero attached hydrogens (tertiary/aromatic N) is 1. The molecule has 1 aliphatic heterocycles. The number of amides is 1. The van der Waals surface area contributed by atoms with Crippen molar-refractivity contribution < 1.29 is 4.79 Å². The SMILES string of the molecule is CC(C)NCCCC(=O)N1CCc2ccccc21. The van der Waals surface area contributed by atoms with Gasteiger partial charge in [0.2, 0.25) is 5.91 Å². The molecule has 1 aliphatic rings. The predicted octanol–water partition coefficient (Wildman–Crippen LogP) is 2.35. The van der Waals surface area contributed by atoms with Gasteiger partial charge in [-0.25, -0.2) is 0 Å². The molecule has 1 N–H and O–H groups in total. The molecule has 18 heavy (non-hydrogen) atoms. The lowest BCUT2D eigenvalue weighted by molar-refractivity contribution is -0.118. The molecule has 0 aliphatic carbocycles. The molecule has 2 rings (SSSR count).